The van der Waals surface area contributed by atoms with Crippen LogP contribution in [0.5, 0.6) is 0 Å². The topological polar surface area (TPSA) is 30.9 Å². The Kier molecular flexibility index (Phi) is 1.85. The minimum absolute atomic E-state index is 0.0226. The summed E-state index contributed by atoms with van der Waals surface area (Å²) in [5.74, 6) is 0. The second-order valence-electron chi connectivity index (χ2n) is 3.15. The van der Waals surface area contributed by atoms with Crippen molar-refractivity contribution in [2.24, 2.45) is 0 Å². The number of ether oxygens (including phenoxy) is 3. The Hall–Kier alpha value is -0.160. The van der Waals surface area contributed by atoms with Crippen LogP contribution in [-0.2, 0) is 14.2 Å². The number of fused-ring (bicyclic) bond motifs is 1. The fraction of sp³-hybridized carbons (Fsp3) is 1.00. The van der Waals surface area contributed by atoms with Crippen LogP contribution in [0, 0.1) is 0 Å². The van der Waals surface area contributed by atoms with Crippen LogP contribution in [0.3, 0.4) is 0 Å². The summed E-state index contributed by atoms with van der Waals surface area (Å²) in [6.45, 7) is 3.54. The molecule has 4 heteroatoms. The largest absolute Gasteiger partial charge is 0.383 e. The molecule has 0 bridgehead atoms. The minimum Gasteiger partial charge on any atom is -0.383 e. The monoisotopic (exact) mass is 159 g/mol. The molecule has 2 rings (SSSR count). The van der Waals surface area contributed by atoms with Gasteiger partial charge in [0.2, 0.25) is 0 Å². The first-order valence-electron chi connectivity index (χ1n) is 3.77. The van der Waals surface area contributed by atoms with Gasteiger partial charge in [-0.05, 0) is 0 Å². The Morgan fingerprint density at radius 3 is 2.55 bits per heavy atom. The number of hydrogen-bond donors (Lipinski definition) is 0. The van der Waals surface area contributed by atoms with Crippen LogP contribution in [0.2, 0.25) is 0 Å². The van der Waals surface area contributed by atoms with Crippen molar-refractivity contribution in [1.29, 1.82) is 0 Å². The lowest BCUT2D eigenvalue weighted by atomic mass is 10.0. The number of nitrogens with zero attached hydrogens (tertiary/aromatic N) is 1. The Morgan fingerprint density at radius 2 is 2.00 bits per heavy atom. The van der Waals surface area contributed by atoms with E-state index in [0.29, 0.717) is 20.1 Å². The van der Waals surface area contributed by atoms with Gasteiger partial charge in [-0.2, -0.15) is 0 Å². The summed E-state index contributed by atoms with van der Waals surface area (Å²) in [7, 11) is 1.71. The summed E-state index contributed by atoms with van der Waals surface area (Å²) >= 11 is 0. The second-order valence-corrected chi connectivity index (χ2v) is 3.15. The molecule has 0 aromatic carbocycles. The summed E-state index contributed by atoms with van der Waals surface area (Å²) in [5, 5.41) is 0. The lowest BCUT2D eigenvalue weighted by Gasteiger charge is -2.25. The molecule has 0 radical (unpaired) electrons. The summed E-state index contributed by atoms with van der Waals surface area (Å²) < 4.78 is 15.8. The molecule has 4 nitrogen and oxygen atoms in total. The Bertz CT molecular complexity index is 141. The van der Waals surface area contributed by atoms with Gasteiger partial charge in [0, 0.05) is 7.11 Å². The van der Waals surface area contributed by atoms with Crippen molar-refractivity contribution in [3.8, 4) is 0 Å². The third-order valence-corrected chi connectivity index (χ3v) is 2.32. The highest BCUT2D eigenvalue weighted by atomic mass is 16.6. The van der Waals surface area contributed by atoms with Crippen molar-refractivity contribution in [2.75, 3.05) is 40.4 Å². The molecule has 0 unspecified atom stereocenters. The number of rotatable bonds is 2. The van der Waals surface area contributed by atoms with Gasteiger partial charge in [0.1, 0.15) is 13.5 Å². The third kappa shape index (κ3) is 1.06. The molecule has 0 N–H and O–H groups in total. The van der Waals surface area contributed by atoms with Gasteiger partial charge in [-0.25, -0.2) is 4.90 Å². The maximum absolute atomic E-state index is 5.33. The molecule has 0 aliphatic carbocycles. The van der Waals surface area contributed by atoms with Gasteiger partial charge >= 0.3 is 0 Å². The van der Waals surface area contributed by atoms with Crippen LogP contribution in [0.1, 0.15) is 0 Å². The maximum atomic E-state index is 5.33. The van der Waals surface area contributed by atoms with Gasteiger partial charge in [-0.1, -0.05) is 0 Å². The van der Waals surface area contributed by atoms with E-state index in [-0.39, 0.29) is 5.54 Å². The van der Waals surface area contributed by atoms with E-state index in [1.54, 1.807) is 7.11 Å². The molecule has 2 fully saturated rings. The van der Waals surface area contributed by atoms with Gasteiger partial charge < -0.3 is 14.2 Å². The lowest BCUT2D eigenvalue weighted by molar-refractivity contribution is 0.0681. The predicted molar refractivity (Wildman–Crippen MR) is 38.1 cm³/mol. The van der Waals surface area contributed by atoms with Gasteiger partial charge in [0.25, 0.3) is 0 Å². The van der Waals surface area contributed by atoms with Gasteiger partial charge in [-0.15, -0.1) is 0 Å². The van der Waals surface area contributed by atoms with E-state index < -0.39 is 0 Å². The van der Waals surface area contributed by atoms with Crippen LogP contribution in [-0.4, -0.2) is 50.8 Å². The normalized spacial score (nSPS) is 29.2. The predicted octanol–water partition coefficient (Wildman–Crippen LogP) is -0.351. The van der Waals surface area contributed by atoms with Crippen LogP contribution >= 0.6 is 0 Å². The van der Waals surface area contributed by atoms with Crippen molar-refractivity contribution in [3.05, 3.63) is 0 Å². The summed E-state index contributed by atoms with van der Waals surface area (Å²) in [6, 6.07) is 0. The van der Waals surface area contributed by atoms with E-state index in [4.69, 9.17) is 14.2 Å². The zero-order valence-electron chi connectivity index (χ0n) is 6.71. The van der Waals surface area contributed by atoms with Crippen molar-refractivity contribution in [3.63, 3.8) is 0 Å². The number of methoxy groups -OCH3 is 1. The molecule has 2 aliphatic heterocycles. The molecular formula is C7H13NO3. The van der Waals surface area contributed by atoms with Crippen molar-refractivity contribution < 1.29 is 14.2 Å². The molecule has 0 saturated carbocycles. The van der Waals surface area contributed by atoms with E-state index in [9.17, 15) is 0 Å². The molecule has 64 valence electrons. The standard InChI is InChI=1S/C7H13NO3/c1-9-2-7-3-10-5-8(7)6-11-4-7/h2-6H2,1H3. The SMILES string of the molecule is COCC12COCN1COC2. The van der Waals surface area contributed by atoms with Crippen molar-refractivity contribution in [2.45, 2.75) is 5.54 Å². The first-order valence-corrected chi connectivity index (χ1v) is 3.77. The molecular weight excluding hydrogens is 146 g/mol. The van der Waals surface area contributed by atoms with Crippen LogP contribution in [0.25, 0.3) is 0 Å². The maximum Gasteiger partial charge on any atom is 0.102 e. The summed E-state index contributed by atoms with van der Waals surface area (Å²) in [4.78, 5) is 2.18. The van der Waals surface area contributed by atoms with E-state index in [1.807, 2.05) is 0 Å². The van der Waals surface area contributed by atoms with E-state index in [0.717, 1.165) is 13.2 Å². The fourth-order valence-corrected chi connectivity index (χ4v) is 1.67. The molecule has 0 spiro atoms. The quantitative estimate of drug-likeness (QED) is 0.551. The summed E-state index contributed by atoms with van der Waals surface area (Å²) in [6.07, 6.45) is 0. The van der Waals surface area contributed by atoms with Crippen molar-refractivity contribution >= 4 is 0 Å². The zero-order chi connectivity index (χ0) is 7.73. The fourth-order valence-electron chi connectivity index (χ4n) is 1.67. The summed E-state index contributed by atoms with van der Waals surface area (Å²) in [5.41, 5.74) is 0.0226. The Balaban J connectivity index is 2.07. The first-order chi connectivity index (χ1) is 5.37. The van der Waals surface area contributed by atoms with Crippen molar-refractivity contribution in [1.82, 2.24) is 4.90 Å². The highest BCUT2D eigenvalue weighted by Gasteiger charge is 2.46. The minimum atomic E-state index is 0.0226. The Morgan fingerprint density at radius 1 is 1.36 bits per heavy atom. The average Bonchev–Trinajstić information content (AvgIpc) is 2.45. The molecule has 0 atom stereocenters. The molecule has 0 aromatic rings. The zero-order valence-corrected chi connectivity index (χ0v) is 6.71. The molecule has 2 saturated heterocycles. The Labute approximate surface area is 66.0 Å². The number of hydrogen-bond acceptors (Lipinski definition) is 4. The molecule has 2 aliphatic rings. The molecule has 0 aromatic heterocycles. The van der Waals surface area contributed by atoms with Crippen LogP contribution in [0.15, 0.2) is 0 Å². The van der Waals surface area contributed by atoms with E-state index >= 15 is 0 Å². The van der Waals surface area contributed by atoms with Gasteiger partial charge in [0.05, 0.1) is 25.4 Å². The van der Waals surface area contributed by atoms with Gasteiger partial charge in [0.15, 0.2) is 0 Å². The highest BCUT2D eigenvalue weighted by molar-refractivity contribution is 4.95. The molecule has 2 heterocycles. The van der Waals surface area contributed by atoms with E-state index in [1.165, 1.54) is 0 Å². The first kappa shape index (κ1) is 7.49. The molecule has 0 amide bonds. The van der Waals surface area contributed by atoms with Gasteiger partial charge in [-0.3, -0.25) is 0 Å². The van der Waals surface area contributed by atoms with Crippen LogP contribution in [0.4, 0.5) is 0 Å². The average molecular weight is 159 g/mol. The lowest BCUT2D eigenvalue weighted by Crippen LogP contribution is -2.46. The third-order valence-electron chi connectivity index (χ3n) is 2.32. The second kappa shape index (κ2) is 2.71. The smallest absolute Gasteiger partial charge is 0.102 e. The molecule has 11 heavy (non-hydrogen) atoms. The van der Waals surface area contributed by atoms with Crippen LogP contribution < -0.4 is 0 Å². The highest BCUT2D eigenvalue weighted by Crippen LogP contribution is 2.28. The van der Waals surface area contributed by atoms with E-state index in [2.05, 4.69) is 4.90 Å².